The number of anilines is 1. The summed E-state index contributed by atoms with van der Waals surface area (Å²) >= 11 is 0. The molecule has 0 saturated carbocycles. The van der Waals surface area contributed by atoms with E-state index in [-0.39, 0.29) is 6.04 Å². The smallest absolute Gasteiger partial charge is 0.164 e. The first-order valence-electron chi connectivity index (χ1n) is 9.41. The second kappa shape index (κ2) is 5.66. The highest BCUT2D eigenvalue weighted by atomic mass is 15.3. The van der Waals surface area contributed by atoms with Crippen molar-refractivity contribution in [2.75, 3.05) is 5.73 Å². The number of nitrogens with zero attached hydrogens (tertiary/aromatic N) is 4. The van der Waals surface area contributed by atoms with E-state index in [2.05, 4.69) is 57.4 Å². The van der Waals surface area contributed by atoms with Gasteiger partial charge in [0.05, 0.1) is 11.4 Å². The van der Waals surface area contributed by atoms with Crippen LogP contribution < -0.4 is 5.73 Å². The van der Waals surface area contributed by atoms with Gasteiger partial charge >= 0.3 is 0 Å². The maximum atomic E-state index is 6.30. The number of nitrogens with two attached hydrogens (primary N) is 1. The Bertz CT molecular complexity index is 1320. The molecule has 0 amide bonds. The number of fused-ring (bicyclic) bond motifs is 3. The molecule has 0 bridgehead atoms. The zero-order valence-corrected chi connectivity index (χ0v) is 15.1. The SMILES string of the molecule is Nc1ncnc2c1c(-c1cccc3[nH]ccc13)nn2C1Cc2ccccc2C1. The Kier molecular flexibility index (Phi) is 3.11. The summed E-state index contributed by atoms with van der Waals surface area (Å²) in [7, 11) is 0. The molecular weight excluding hydrogens is 348 g/mol. The summed E-state index contributed by atoms with van der Waals surface area (Å²) in [6, 6.07) is 17.1. The van der Waals surface area contributed by atoms with Crippen molar-refractivity contribution in [3.63, 3.8) is 0 Å². The predicted octanol–water partition coefficient (Wildman–Crippen LogP) is 3.90. The number of nitrogen functional groups attached to an aromatic ring is 1. The van der Waals surface area contributed by atoms with Crippen molar-refractivity contribution in [1.82, 2.24) is 24.7 Å². The van der Waals surface area contributed by atoms with Gasteiger partial charge in [-0.3, -0.25) is 0 Å². The van der Waals surface area contributed by atoms with Crippen molar-refractivity contribution in [1.29, 1.82) is 0 Å². The Balaban J connectivity index is 1.59. The summed E-state index contributed by atoms with van der Waals surface area (Å²) in [5, 5.41) is 6.98. The molecule has 2 aromatic carbocycles. The molecule has 0 fully saturated rings. The highest BCUT2D eigenvalue weighted by molar-refractivity contribution is 6.05. The summed E-state index contributed by atoms with van der Waals surface area (Å²) in [5.41, 5.74) is 12.8. The Morgan fingerprint density at radius 2 is 1.79 bits per heavy atom. The van der Waals surface area contributed by atoms with Crippen LogP contribution in [0.1, 0.15) is 17.2 Å². The number of H-pyrrole nitrogens is 1. The number of aromatic nitrogens is 5. The molecule has 5 aromatic rings. The molecule has 0 radical (unpaired) electrons. The van der Waals surface area contributed by atoms with Gasteiger partial charge in [0.25, 0.3) is 0 Å². The molecule has 136 valence electrons. The van der Waals surface area contributed by atoms with E-state index in [1.54, 1.807) is 0 Å². The molecule has 0 atom stereocenters. The van der Waals surface area contributed by atoms with Crippen molar-refractivity contribution in [2.24, 2.45) is 0 Å². The second-order valence-electron chi connectivity index (χ2n) is 7.33. The molecule has 6 rings (SSSR count). The normalized spacial score (nSPS) is 14.1. The van der Waals surface area contributed by atoms with Gasteiger partial charge in [-0.05, 0) is 36.1 Å². The first kappa shape index (κ1) is 15.4. The van der Waals surface area contributed by atoms with Crippen LogP contribution in [-0.4, -0.2) is 24.7 Å². The minimum absolute atomic E-state index is 0.230. The van der Waals surface area contributed by atoms with Crippen LogP contribution in [0.3, 0.4) is 0 Å². The lowest BCUT2D eigenvalue weighted by Gasteiger charge is -2.10. The van der Waals surface area contributed by atoms with Gasteiger partial charge in [0.2, 0.25) is 0 Å². The summed E-state index contributed by atoms with van der Waals surface area (Å²) in [6.45, 7) is 0. The van der Waals surface area contributed by atoms with Gasteiger partial charge in [-0.2, -0.15) is 5.10 Å². The summed E-state index contributed by atoms with van der Waals surface area (Å²) in [5.74, 6) is 0.467. The number of nitrogens with one attached hydrogen (secondary N) is 1. The van der Waals surface area contributed by atoms with Gasteiger partial charge < -0.3 is 10.7 Å². The third kappa shape index (κ3) is 2.11. The quantitative estimate of drug-likeness (QED) is 0.496. The van der Waals surface area contributed by atoms with Crippen LogP contribution in [0.5, 0.6) is 0 Å². The molecule has 0 unspecified atom stereocenters. The molecule has 3 aromatic heterocycles. The molecule has 0 saturated heterocycles. The van der Waals surface area contributed by atoms with Crippen LogP contribution in [0.4, 0.5) is 5.82 Å². The van der Waals surface area contributed by atoms with Gasteiger partial charge in [0.15, 0.2) is 5.65 Å². The average molecular weight is 366 g/mol. The molecule has 0 aliphatic heterocycles. The molecule has 6 nitrogen and oxygen atoms in total. The molecule has 3 heterocycles. The van der Waals surface area contributed by atoms with Crippen molar-refractivity contribution in [2.45, 2.75) is 18.9 Å². The van der Waals surface area contributed by atoms with E-state index < -0.39 is 0 Å². The lowest BCUT2D eigenvalue weighted by atomic mass is 10.1. The fraction of sp³-hybridized carbons (Fsp3) is 0.136. The van der Waals surface area contributed by atoms with Gasteiger partial charge in [-0.25, -0.2) is 14.6 Å². The fourth-order valence-electron chi connectivity index (χ4n) is 4.44. The van der Waals surface area contributed by atoms with E-state index in [0.717, 1.165) is 46.0 Å². The molecule has 28 heavy (non-hydrogen) atoms. The lowest BCUT2D eigenvalue weighted by Crippen LogP contribution is -2.11. The van der Waals surface area contributed by atoms with Gasteiger partial charge in [-0.15, -0.1) is 0 Å². The van der Waals surface area contributed by atoms with Crippen LogP contribution in [0, 0.1) is 0 Å². The topological polar surface area (TPSA) is 85.4 Å². The van der Waals surface area contributed by atoms with E-state index in [1.807, 2.05) is 16.9 Å². The van der Waals surface area contributed by atoms with Crippen LogP contribution in [0.15, 0.2) is 61.1 Å². The van der Waals surface area contributed by atoms with E-state index in [4.69, 9.17) is 10.8 Å². The summed E-state index contributed by atoms with van der Waals surface area (Å²) < 4.78 is 2.05. The largest absolute Gasteiger partial charge is 0.383 e. The highest BCUT2D eigenvalue weighted by Gasteiger charge is 2.27. The van der Waals surface area contributed by atoms with E-state index in [1.165, 1.54) is 17.5 Å². The zero-order valence-electron chi connectivity index (χ0n) is 15.1. The van der Waals surface area contributed by atoms with Crippen LogP contribution in [-0.2, 0) is 12.8 Å². The second-order valence-corrected chi connectivity index (χ2v) is 7.33. The number of benzene rings is 2. The fourth-order valence-corrected chi connectivity index (χ4v) is 4.44. The van der Waals surface area contributed by atoms with Crippen LogP contribution in [0.2, 0.25) is 0 Å². The van der Waals surface area contributed by atoms with Crippen LogP contribution >= 0.6 is 0 Å². The predicted molar refractivity (Wildman–Crippen MR) is 110 cm³/mol. The Hall–Kier alpha value is -3.67. The molecule has 6 heteroatoms. The molecule has 1 aliphatic rings. The standard InChI is InChI=1S/C22H18N6/c23-21-19-20(17-6-3-7-18-16(17)8-9-24-18)27-28(22(19)26-12-25-21)15-10-13-4-1-2-5-14(13)11-15/h1-9,12,15,24H,10-11H2,(H2,23,25,26). The number of hydrogen-bond donors (Lipinski definition) is 2. The summed E-state index contributed by atoms with van der Waals surface area (Å²) in [4.78, 5) is 12.1. The van der Waals surface area contributed by atoms with E-state index >= 15 is 0 Å². The van der Waals surface area contributed by atoms with Crippen molar-refractivity contribution >= 4 is 27.8 Å². The van der Waals surface area contributed by atoms with Crippen molar-refractivity contribution < 1.29 is 0 Å². The minimum Gasteiger partial charge on any atom is -0.383 e. The maximum Gasteiger partial charge on any atom is 0.164 e. The number of rotatable bonds is 2. The maximum absolute atomic E-state index is 6.30. The third-order valence-corrected chi connectivity index (χ3v) is 5.74. The van der Waals surface area contributed by atoms with Crippen LogP contribution in [0.25, 0.3) is 33.2 Å². The van der Waals surface area contributed by atoms with E-state index in [9.17, 15) is 0 Å². The molecule has 1 aliphatic carbocycles. The Morgan fingerprint density at radius 1 is 0.964 bits per heavy atom. The number of aromatic amines is 1. The third-order valence-electron chi connectivity index (χ3n) is 5.74. The Labute approximate surface area is 161 Å². The first-order valence-corrected chi connectivity index (χ1v) is 9.41. The monoisotopic (exact) mass is 366 g/mol. The van der Waals surface area contributed by atoms with Crippen molar-refractivity contribution in [3.8, 4) is 11.3 Å². The highest BCUT2D eigenvalue weighted by Crippen LogP contribution is 2.38. The minimum atomic E-state index is 0.230. The number of hydrogen-bond acceptors (Lipinski definition) is 4. The molecule has 3 N–H and O–H groups in total. The molecule has 0 spiro atoms. The molecular formula is C22H18N6. The first-order chi connectivity index (χ1) is 13.8. The van der Waals surface area contributed by atoms with Crippen molar-refractivity contribution in [3.05, 3.63) is 72.2 Å². The van der Waals surface area contributed by atoms with Gasteiger partial charge in [0, 0.05) is 22.7 Å². The van der Waals surface area contributed by atoms with Gasteiger partial charge in [-0.1, -0.05) is 36.4 Å². The Morgan fingerprint density at radius 3 is 2.61 bits per heavy atom. The lowest BCUT2D eigenvalue weighted by molar-refractivity contribution is 0.488. The average Bonchev–Trinajstić information content (AvgIpc) is 3.43. The zero-order chi connectivity index (χ0) is 18.7. The summed E-state index contributed by atoms with van der Waals surface area (Å²) in [6.07, 6.45) is 5.37. The van der Waals surface area contributed by atoms with E-state index in [0.29, 0.717) is 5.82 Å². The van der Waals surface area contributed by atoms with Gasteiger partial charge in [0.1, 0.15) is 17.8 Å².